The Morgan fingerprint density at radius 1 is 1.47 bits per heavy atom. The minimum absolute atomic E-state index is 0.240. The summed E-state index contributed by atoms with van der Waals surface area (Å²) in [5.74, 6) is 0. The molecular weight excluding hydrogens is 263 g/mol. The number of hydrogen-bond acceptors (Lipinski definition) is 3. The second-order valence-corrected chi connectivity index (χ2v) is 4.41. The van der Waals surface area contributed by atoms with Gasteiger partial charge in [0.15, 0.2) is 11.8 Å². The molecule has 0 unspecified atom stereocenters. The van der Waals surface area contributed by atoms with Crippen LogP contribution in [0.25, 0.3) is 0 Å². The molecule has 5 nitrogen and oxygen atoms in total. The molecule has 8 heteroatoms. The largest absolute Gasteiger partial charge is 0.437 e. The van der Waals surface area contributed by atoms with Crippen molar-refractivity contribution < 1.29 is 22.7 Å². The third kappa shape index (κ3) is 2.26. The maximum Gasteiger partial charge on any atom is 0.435 e. The smallest absolute Gasteiger partial charge is 0.435 e. The van der Waals surface area contributed by atoms with Gasteiger partial charge in [-0.05, 0) is 19.9 Å². The van der Waals surface area contributed by atoms with E-state index in [0.717, 1.165) is 10.7 Å². The van der Waals surface area contributed by atoms with Gasteiger partial charge in [-0.3, -0.25) is 4.68 Å². The number of rotatable bonds is 2. The van der Waals surface area contributed by atoms with E-state index in [-0.39, 0.29) is 11.7 Å². The third-order valence-corrected chi connectivity index (χ3v) is 3.23. The van der Waals surface area contributed by atoms with Crippen LogP contribution in [-0.4, -0.2) is 33.4 Å². The molecule has 1 aliphatic rings. The minimum atomic E-state index is -4.51. The van der Waals surface area contributed by atoms with E-state index in [1.807, 2.05) is 0 Å². The number of aromatic nitrogens is 2. The predicted octanol–water partition coefficient (Wildman–Crippen LogP) is 2.34. The van der Waals surface area contributed by atoms with Crippen LogP contribution in [0, 0.1) is 0 Å². The summed E-state index contributed by atoms with van der Waals surface area (Å²) in [5.41, 5.74) is -0.743. The fourth-order valence-corrected chi connectivity index (χ4v) is 2.22. The molecule has 1 aromatic heterocycles. The summed E-state index contributed by atoms with van der Waals surface area (Å²) < 4.78 is 44.0. The molecule has 0 bridgehead atoms. The van der Waals surface area contributed by atoms with Crippen molar-refractivity contribution in [1.82, 2.24) is 14.7 Å². The number of ether oxygens (including phenoxy) is 1. The van der Waals surface area contributed by atoms with Gasteiger partial charge in [-0.2, -0.15) is 18.3 Å². The lowest BCUT2D eigenvalue weighted by Crippen LogP contribution is -2.31. The minimum Gasteiger partial charge on any atom is -0.437 e. The van der Waals surface area contributed by atoms with Crippen molar-refractivity contribution in [1.29, 1.82) is 0 Å². The summed E-state index contributed by atoms with van der Waals surface area (Å²) in [4.78, 5) is 13.0. The molecule has 0 N–H and O–H groups in total. The summed E-state index contributed by atoms with van der Waals surface area (Å²) >= 11 is 0. The number of aryl methyl sites for hydroxylation is 1. The number of carbonyl (C=O) groups is 1. The molecule has 0 radical (unpaired) electrons. The summed E-state index contributed by atoms with van der Waals surface area (Å²) in [6.07, 6.45) is -5.76. The summed E-state index contributed by atoms with van der Waals surface area (Å²) in [6.45, 7) is 3.96. The summed E-state index contributed by atoms with van der Waals surface area (Å²) in [5, 5.41) is 3.42. The number of cyclic esters (lactones) is 1. The van der Waals surface area contributed by atoms with E-state index >= 15 is 0 Å². The number of alkyl halides is 3. The quantitative estimate of drug-likeness (QED) is 0.833. The van der Waals surface area contributed by atoms with E-state index in [1.54, 1.807) is 13.8 Å². The number of nitrogens with zero attached hydrogens (tertiary/aromatic N) is 3. The van der Waals surface area contributed by atoms with E-state index < -0.39 is 24.1 Å². The highest BCUT2D eigenvalue weighted by Gasteiger charge is 2.42. The summed E-state index contributed by atoms with van der Waals surface area (Å²) in [6, 6.07) is 0.599. The van der Waals surface area contributed by atoms with Crippen LogP contribution in [-0.2, 0) is 18.0 Å². The Bertz CT molecular complexity index is 498. The highest BCUT2D eigenvalue weighted by atomic mass is 19.4. The molecule has 1 aliphatic heterocycles. The van der Waals surface area contributed by atoms with Crippen LogP contribution in [0.15, 0.2) is 6.07 Å². The second kappa shape index (κ2) is 4.43. The van der Waals surface area contributed by atoms with Crippen molar-refractivity contribution >= 4 is 6.09 Å². The van der Waals surface area contributed by atoms with Crippen LogP contribution < -0.4 is 0 Å². The Hall–Kier alpha value is -1.73. The normalized spacial score (nSPS) is 23.9. The van der Waals surface area contributed by atoms with Gasteiger partial charge in [-0.25, -0.2) is 4.79 Å². The van der Waals surface area contributed by atoms with Crippen LogP contribution in [0.1, 0.15) is 31.3 Å². The topological polar surface area (TPSA) is 47.4 Å². The Labute approximate surface area is 107 Å². The number of hydrogen-bond donors (Lipinski definition) is 0. The number of likely N-dealkylation sites (N-methyl/N-ethyl adjacent to an activating group) is 1. The van der Waals surface area contributed by atoms with Gasteiger partial charge in [-0.15, -0.1) is 0 Å². The highest BCUT2D eigenvalue weighted by Crippen LogP contribution is 2.35. The maximum atomic E-state index is 12.6. The SMILES string of the molecule is CCN1C(=O)O[C@H](c2cc(C(F)(F)F)nn2C)[C@@H]1C. The zero-order chi connectivity index (χ0) is 14.4. The highest BCUT2D eigenvalue weighted by molar-refractivity contribution is 5.70. The van der Waals surface area contributed by atoms with Crippen molar-refractivity contribution in [2.75, 3.05) is 6.54 Å². The first kappa shape index (κ1) is 13.7. The molecule has 1 amide bonds. The molecule has 2 rings (SSSR count). The number of carbonyl (C=O) groups excluding carboxylic acids is 1. The molecule has 0 aromatic carbocycles. The van der Waals surface area contributed by atoms with Crippen LogP contribution in [0.3, 0.4) is 0 Å². The lowest BCUT2D eigenvalue weighted by Gasteiger charge is -2.18. The van der Waals surface area contributed by atoms with E-state index in [2.05, 4.69) is 5.10 Å². The molecular formula is C11H14F3N3O2. The van der Waals surface area contributed by atoms with Crippen LogP contribution in [0.5, 0.6) is 0 Å². The van der Waals surface area contributed by atoms with E-state index in [9.17, 15) is 18.0 Å². The zero-order valence-electron chi connectivity index (χ0n) is 10.7. The first-order valence-electron chi connectivity index (χ1n) is 5.84. The average Bonchev–Trinajstić information content (AvgIpc) is 2.79. The second-order valence-electron chi connectivity index (χ2n) is 4.41. The van der Waals surface area contributed by atoms with Gasteiger partial charge in [-0.1, -0.05) is 0 Å². The van der Waals surface area contributed by atoms with Crippen molar-refractivity contribution in [2.45, 2.75) is 32.2 Å². The van der Waals surface area contributed by atoms with Gasteiger partial charge in [0.25, 0.3) is 0 Å². The predicted molar refractivity (Wildman–Crippen MR) is 59.3 cm³/mol. The molecule has 19 heavy (non-hydrogen) atoms. The molecule has 2 heterocycles. The van der Waals surface area contributed by atoms with Crippen molar-refractivity contribution in [2.24, 2.45) is 7.05 Å². The summed E-state index contributed by atoms with van der Waals surface area (Å²) in [7, 11) is 1.40. The van der Waals surface area contributed by atoms with E-state index in [1.165, 1.54) is 11.9 Å². The monoisotopic (exact) mass is 277 g/mol. The van der Waals surface area contributed by atoms with E-state index in [0.29, 0.717) is 6.54 Å². The van der Waals surface area contributed by atoms with Crippen LogP contribution in [0.2, 0.25) is 0 Å². The number of amides is 1. The van der Waals surface area contributed by atoms with Crippen molar-refractivity contribution in [3.05, 3.63) is 17.5 Å². The van der Waals surface area contributed by atoms with Crippen LogP contribution >= 0.6 is 0 Å². The fourth-order valence-electron chi connectivity index (χ4n) is 2.22. The Morgan fingerprint density at radius 3 is 2.53 bits per heavy atom. The molecule has 0 saturated carbocycles. The first-order valence-corrected chi connectivity index (χ1v) is 5.84. The average molecular weight is 277 g/mol. The fraction of sp³-hybridized carbons (Fsp3) is 0.636. The Morgan fingerprint density at radius 2 is 2.11 bits per heavy atom. The van der Waals surface area contributed by atoms with Gasteiger partial charge >= 0.3 is 12.3 Å². The Balaban J connectivity index is 2.33. The standard InChI is InChI=1S/C11H14F3N3O2/c1-4-17-6(2)9(19-10(17)18)7-5-8(11(12,13)14)15-16(7)3/h5-6,9H,4H2,1-3H3/t6-,9-/m0/s1. The van der Waals surface area contributed by atoms with Crippen molar-refractivity contribution in [3.8, 4) is 0 Å². The molecule has 2 atom stereocenters. The molecule has 0 aliphatic carbocycles. The van der Waals surface area contributed by atoms with E-state index in [4.69, 9.17) is 4.74 Å². The Kier molecular flexibility index (Phi) is 3.19. The van der Waals surface area contributed by atoms with Gasteiger partial charge in [0.1, 0.15) is 0 Å². The number of halogens is 3. The van der Waals surface area contributed by atoms with Gasteiger partial charge in [0, 0.05) is 13.6 Å². The van der Waals surface area contributed by atoms with Gasteiger partial charge < -0.3 is 9.64 Å². The molecule has 106 valence electrons. The van der Waals surface area contributed by atoms with Crippen LogP contribution in [0.4, 0.5) is 18.0 Å². The van der Waals surface area contributed by atoms with Gasteiger partial charge in [0.05, 0.1) is 11.7 Å². The molecule has 1 saturated heterocycles. The lowest BCUT2D eigenvalue weighted by molar-refractivity contribution is -0.141. The lowest BCUT2D eigenvalue weighted by atomic mass is 10.1. The molecule has 0 spiro atoms. The molecule has 1 fully saturated rings. The van der Waals surface area contributed by atoms with Crippen molar-refractivity contribution in [3.63, 3.8) is 0 Å². The van der Waals surface area contributed by atoms with Gasteiger partial charge in [0.2, 0.25) is 0 Å². The zero-order valence-corrected chi connectivity index (χ0v) is 10.7. The third-order valence-electron chi connectivity index (χ3n) is 3.23. The first-order chi connectivity index (χ1) is 8.75. The maximum absolute atomic E-state index is 12.6. The molecule has 1 aromatic rings.